The number of hydrogen-bond donors (Lipinski definition) is 1. The fourth-order valence-corrected chi connectivity index (χ4v) is 5.53. The van der Waals surface area contributed by atoms with Gasteiger partial charge in [-0.2, -0.15) is 4.31 Å². The highest BCUT2D eigenvalue weighted by atomic mass is 32.2. The third kappa shape index (κ3) is 5.70. The van der Waals surface area contributed by atoms with E-state index in [1.165, 1.54) is 22.7 Å². The molecule has 1 amide bonds. The summed E-state index contributed by atoms with van der Waals surface area (Å²) in [6.45, 7) is 2.26. The number of hydrogen-bond acceptors (Lipinski definition) is 5. The lowest BCUT2D eigenvalue weighted by Crippen LogP contribution is -2.42. The first-order valence-corrected chi connectivity index (χ1v) is 12.0. The lowest BCUT2D eigenvalue weighted by molar-refractivity contribution is -0.151. The van der Waals surface area contributed by atoms with Crippen molar-refractivity contribution in [2.24, 2.45) is 0 Å². The maximum Gasteiger partial charge on any atom is 0.324 e. The zero-order valence-electron chi connectivity index (χ0n) is 17.4. The molecule has 1 atom stereocenters. The predicted octanol–water partition coefficient (Wildman–Crippen LogP) is 2.70. The fourth-order valence-electron chi connectivity index (χ4n) is 3.89. The second kappa shape index (κ2) is 10.2. The molecule has 164 valence electrons. The molecule has 1 heterocycles. The lowest BCUT2D eigenvalue weighted by Gasteiger charge is -2.22. The molecular weight excluding hydrogens is 404 g/mol. The van der Waals surface area contributed by atoms with Gasteiger partial charge in [-0.1, -0.05) is 29.3 Å². The van der Waals surface area contributed by atoms with Gasteiger partial charge in [0, 0.05) is 13.1 Å². The van der Waals surface area contributed by atoms with Gasteiger partial charge in [0.05, 0.1) is 4.90 Å². The van der Waals surface area contributed by atoms with Crippen molar-refractivity contribution in [2.75, 3.05) is 19.7 Å². The Hall–Kier alpha value is -2.19. The summed E-state index contributed by atoms with van der Waals surface area (Å²) in [5.41, 5.74) is 2.32. The summed E-state index contributed by atoms with van der Waals surface area (Å²) < 4.78 is 32.2. The van der Waals surface area contributed by atoms with Gasteiger partial charge in [-0.15, -0.1) is 0 Å². The van der Waals surface area contributed by atoms with Crippen LogP contribution in [0, 0.1) is 6.92 Å². The number of esters is 1. The molecule has 1 aliphatic heterocycles. The van der Waals surface area contributed by atoms with Gasteiger partial charge in [-0.25, -0.2) is 8.42 Å². The van der Waals surface area contributed by atoms with Crippen LogP contribution in [-0.4, -0.2) is 50.3 Å². The van der Waals surface area contributed by atoms with Gasteiger partial charge >= 0.3 is 5.97 Å². The number of nitrogens with one attached hydrogen (secondary N) is 1. The first kappa shape index (κ1) is 22.5. The van der Waals surface area contributed by atoms with Crippen molar-refractivity contribution in [1.82, 2.24) is 9.62 Å². The maximum absolute atomic E-state index is 12.9. The van der Waals surface area contributed by atoms with E-state index < -0.39 is 28.6 Å². The zero-order valence-corrected chi connectivity index (χ0v) is 18.2. The first-order valence-electron chi connectivity index (χ1n) is 10.6. The Balaban J connectivity index is 1.49. The quantitative estimate of drug-likeness (QED) is 0.502. The molecule has 3 rings (SSSR count). The largest absolute Gasteiger partial charge is 0.454 e. The van der Waals surface area contributed by atoms with Crippen LogP contribution in [0.3, 0.4) is 0 Å². The fraction of sp³-hybridized carbons (Fsp3) is 0.545. The van der Waals surface area contributed by atoms with E-state index in [0.717, 1.165) is 24.8 Å². The summed E-state index contributed by atoms with van der Waals surface area (Å²) in [5, 5.41) is 2.76. The van der Waals surface area contributed by atoms with E-state index in [1.54, 1.807) is 24.3 Å². The van der Waals surface area contributed by atoms with E-state index in [2.05, 4.69) is 11.4 Å². The van der Waals surface area contributed by atoms with E-state index in [-0.39, 0.29) is 17.3 Å². The molecule has 1 saturated heterocycles. The molecule has 0 bridgehead atoms. The molecule has 1 aliphatic carbocycles. The average Bonchev–Trinajstić information content (AvgIpc) is 3.24. The average molecular weight is 435 g/mol. The van der Waals surface area contributed by atoms with Crippen LogP contribution < -0.4 is 5.32 Å². The molecule has 0 aromatic heterocycles. The van der Waals surface area contributed by atoms with E-state index in [4.69, 9.17) is 4.74 Å². The minimum Gasteiger partial charge on any atom is -0.454 e. The number of carbonyl (C=O) groups is 2. The number of allylic oxidation sites excluding steroid dienone is 1. The molecule has 0 radical (unpaired) electrons. The maximum atomic E-state index is 12.9. The van der Waals surface area contributed by atoms with E-state index in [1.807, 2.05) is 6.92 Å². The number of aryl methyl sites for hydroxylation is 1. The first-order chi connectivity index (χ1) is 14.4. The third-order valence-corrected chi connectivity index (χ3v) is 7.52. The van der Waals surface area contributed by atoms with Crippen LogP contribution in [0.5, 0.6) is 0 Å². The minimum absolute atomic E-state index is 0.155. The highest BCUT2D eigenvalue weighted by Gasteiger charge is 2.40. The number of nitrogens with zero attached hydrogens (tertiary/aromatic N) is 1. The molecule has 30 heavy (non-hydrogen) atoms. The van der Waals surface area contributed by atoms with Crippen LogP contribution >= 0.6 is 0 Å². The minimum atomic E-state index is -3.79. The van der Waals surface area contributed by atoms with Gasteiger partial charge in [0.15, 0.2) is 6.61 Å². The Bertz CT molecular complexity index is 893. The molecule has 1 aromatic carbocycles. The molecule has 2 aliphatic rings. The molecule has 0 unspecified atom stereocenters. The summed E-state index contributed by atoms with van der Waals surface area (Å²) >= 11 is 0. The highest BCUT2D eigenvalue weighted by molar-refractivity contribution is 7.89. The smallest absolute Gasteiger partial charge is 0.324 e. The predicted molar refractivity (Wildman–Crippen MR) is 113 cm³/mol. The monoisotopic (exact) mass is 434 g/mol. The van der Waals surface area contributed by atoms with Crippen LogP contribution in [0.2, 0.25) is 0 Å². The Morgan fingerprint density at radius 1 is 1.17 bits per heavy atom. The Labute approximate surface area is 178 Å². The van der Waals surface area contributed by atoms with Crippen LogP contribution in [-0.2, 0) is 24.3 Å². The number of sulfonamides is 1. The third-order valence-electron chi connectivity index (χ3n) is 5.60. The van der Waals surface area contributed by atoms with Crippen molar-refractivity contribution in [3.63, 3.8) is 0 Å². The Morgan fingerprint density at radius 2 is 1.93 bits per heavy atom. The van der Waals surface area contributed by atoms with E-state index in [9.17, 15) is 18.0 Å². The van der Waals surface area contributed by atoms with Crippen molar-refractivity contribution in [1.29, 1.82) is 0 Å². The summed E-state index contributed by atoms with van der Waals surface area (Å²) in [4.78, 5) is 24.6. The van der Waals surface area contributed by atoms with E-state index >= 15 is 0 Å². The second-order valence-electron chi connectivity index (χ2n) is 7.90. The van der Waals surface area contributed by atoms with Crippen molar-refractivity contribution in [3.8, 4) is 0 Å². The van der Waals surface area contributed by atoms with Gasteiger partial charge in [-0.3, -0.25) is 9.59 Å². The SMILES string of the molecule is Cc1ccc(S(=O)(=O)N2CCC[C@H]2C(=O)OCC(=O)NCCC2=CCCCC2)cc1. The molecule has 0 spiro atoms. The Morgan fingerprint density at radius 3 is 2.63 bits per heavy atom. The summed E-state index contributed by atoms with van der Waals surface area (Å²) in [6.07, 6.45) is 8.61. The Kier molecular flexibility index (Phi) is 7.66. The number of ether oxygens (including phenoxy) is 1. The molecular formula is C22H30N2O5S. The number of rotatable bonds is 8. The van der Waals surface area contributed by atoms with Crippen molar-refractivity contribution in [3.05, 3.63) is 41.5 Å². The highest BCUT2D eigenvalue weighted by Crippen LogP contribution is 2.27. The van der Waals surface area contributed by atoms with Crippen LogP contribution in [0.1, 0.15) is 50.5 Å². The van der Waals surface area contributed by atoms with Crippen molar-refractivity contribution >= 4 is 21.9 Å². The summed E-state index contributed by atoms with van der Waals surface area (Å²) in [6, 6.07) is 5.64. The number of carbonyl (C=O) groups excluding carboxylic acids is 2. The number of amides is 1. The van der Waals surface area contributed by atoms with Gasteiger partial charge < -0.3 is 10.1 Å². The molecule has 0 saturated carbocycles. The lowest BCUT2D eigenvalue weighted by atomic mass is 9.97. The van der Waals surface area contributed by atoms with Gasteiger partial charge in [-0.05, 0) is 64.0 Å². The normalized spacial score (nSPS) is 19.9. The number of benzene rings is 1. The molecule has 1 fully saturated rings. The summed E-state index contributed by atoms with van der Waals surface area (Å²) in [5.74, 6) is -1.04. The van der Waals surface area contributed by atoms with E-state index in [0.29, 0.717) is 19.4 Å². The van der Waals surface area contributed by atoms with Crippen molar-refractivity contribution in [2.45, 2.75) is 62.8 Å². The standard InChI is InChI=1S/C22H30N2O5S/c1-17-9-11-19(12-10-17)30(27,28)24-15-5-8-20(24)22(26)29-16-21(25)23-14-13-18-6-3-2-4-7-18/h6,9-12,20H,2-5,7-8,13-16H2,1H3,(H,23,25)/t20-/m0/s1. The molecule has 1 N–H and O–H groups in total. The van der Waals surface area contributed by atoms with Gasteiger partial charge in [0.1, 0.15) is 6.04 Å². The van der Waals surface area contributed by atoms with Crippen LogP contribution in [0.15, 0.2) is 40.8 Å². The topological polar surface area (TPSA) is 92.8 Å². The molecule has 8 heteroatoms. The molecule has 1 aromatic rings. The molecule has 7 nitrogen and oxygen atoms in total. The van der Waals surface area contributed by atoms with Gasteiger partial charge in [0.25, 0.3) is 5.91 Å². The van der Waals surface area contributed by atoms with Gasteiger partial charge in [0.2, 0.25) is 10.0 Å². The zero-order chi connectivity index (χ0) is 21.6. The van der Waals surface area contributed by atoms with Crippen molar-refractivity contribution < 1.29 is 22.7 Å². The summed E-state index contributed by atoms with van der Waals surface area (Å²) in [7, 11) is -3.79. The second-order valence-corrected chi connectivity index (χ2v) is 9.79. The van der Waals surface area contributed by atoms with Crippen LogP contribution in [0.25, 0.3) is 0 Å². The van der Waals surface area contributed by atoms with Crippen LogP contribution in [0.4, 0.5) is 0 Å².